The van der Waals surface area contributed by atoms with Crippen LogP contribution in [0.1, 0.15) is 42.7 Å². The first kappa shape index (κ1) is 13.9. The summed E-state index contributed by atoms with van der Waals surface area (Å²) in [5.41, 5.74) is 0.391. The number of rotatable bonds is 1. The normalized spacial score (nSPS) is 23.4. The van der Waals surface area contributed by atoms with E-state index in [9.17, 15) is 13.2 Å². The standard InChI is InChI=1S/C15H17F3O2/c16-15(17,18)13-3-1-11(2-4-13)12-5-7-14(8-6-12)19-9-10-20-14/h1-4,12H,5-10H2. The average Bonchev–Trinajstić information content (AvgIpc) is 2.87. The first-order valence-corrected chi connectivity index (χ1v) is 6.94. The van der Waals surface area contributed by atoms with Gasteiger partial charge >= 0.3 is 6.18 Å². The Morgan fingerprint density at radius 2 is 1.50 bits per heavy atom. The molecule has 1 saturated heterocycles. The summed E-state index contributed by atoms with van der Waals surface area (Å²) in [7, 11) is 0. The summed E-state index contributed by atoms with van der Waals surface area (Å²) in [4.78, 5) is 0. The van der Waals surface area contributed by atoms with Crippen LogP contribution in [0.4, 0.5) is 13.2 Å². The molecule has 3 rings (SSSR count). The topological polar surface area (TPSA) is 18.5 Å². The summed E-state index contributed by atoms with van der Waals surface area (Å²) < 4.78 is 48.9. The molecule has 0 N–H and O–H groups in total. The van der Waals surface area contributed by atoms with Crippen molar-refractivity contribution in [1.82, 2.24) is 0 Å². The van der Waals surface area contributed by atoms with E-state index in [0.717, 1.165) is 31.2 Å². The third-order valence-electron chi connectivity index (χ3n) is 4.27. The highest BCUT2D eigenvalue weighted by Gasteiger charge is 2.40. The van der Waals surface area contributed by atoms with Crippen LogP contribution in [-0.2, 0) is 15.7 Å². The zero-order valence-corrected chi connectivity index (χ0v) is 11.1. The first-order chi connectivity index (χ1) is 9.49. The summed E-state index contributed by atoms with van der Waals surface area (Å²) in [5.74, 6) is -0.113. The molecule has 1 aliphatic carbocycles. The van der Waals surface area contributed by atoms with Crippen molar-refractivity contribution in [3.05, 3.63) is 35.4 Å². The Morgan fingerprint density at radius 3 is 2.00 bits per heavy atom. The van der Waals surface area contributed by atoms with Crippen molar-refractivity contribution in [3.8, 4) is 0 Å². The van der Waals surface area contributed by atoms with Crippen molar-refractivity contribution < 1.29 is 22.6 Å². The second-order valence-corrected chi connectivity index (χ2v) is 5.50. The molecule has 1 aliphatic heterocycles. The minimum Gasteiger partial charge on any atom is -0.348 e. The van der Waals surface area contributed by atoms with Gasteiger partial charge in [0.15, 0.2) is 5.79 Å². The van der Waals surface area contributed by atoms with Crippen molar-refractivity contribution in [2.45, 2.75) is 43.6 Å². The lowest BCUT2D eigenvalue weighted by Crippen LogP contribution is -2.34. The Kier molecular flexibility index (Phi) is 3.50. The fourth-order valence-electron chi connectivity index (χ4n) is 3.12. The predicted octanol–water partition coefficient (Wildman–Crippen LogP) is 4.11. The van der Waals surface area contributed by atoms with Crippen LogP contribution in [0, 0.1) is 0 Å². The van der Waals surface area contributed by atoms with Crippen molar-refractivity contribution in [1.29, 1.82) is 0 Å². The Morgan fingerprint density at radius 1 is 0.950 bits per heavy atom. The molecule has 2 aliphatic rings. The number of hydrogen-bond donors (Lipinski definition) is 0. The molecule has 0 unspecified atom stereocenters. The lowest BCUT2D eigenvalue weighted by molar-refractivity contribution is -0.178. The minimum absolute atomic E-state index is 0.302. The molecule has 1 saturated carbocycles. The van der Waals surface area contributed by atoms with Gasteiger partial charge in [-0.1, -0.05) is 12.1 Å². The van der Waals surface area contributed by atoms with E-state index in [1.54, 1.807) is 12.1 Å². The van der Waals surface area contributed by atoms with Gasteiger partial charge in [-0.15, -0.1) is 0 Å². The number of hydrogen-bond acceptors (Lipinski definition) is 2. The van der Waals surface area contributed by atoms with E-state index < -0.39 is 17.5 Å². The predicted molar refractivity (Wildman–Crippen MR) is 67.3 cm³/mol. The molecule has 2 nitrogen and oxygen atoms in total. The lowest BCUT2D eigenvalue weighted by Gasteiger charge is -2.35. The van der Waals surface area contributed by atoms with E-state index in [0.29, 0.717) is 19.1 Å². The SMILES string of the molecule is FC(F)(F)c1ccc(C2CCC3(CC2)OCCO3)cc1. The fraction of sp³-hybridized carbons (Fsp3) is 0.600. The lowest BCUT2D eigenvalue weighted by atomic mass is 9.81. The zero-order valence-electron chi connectivity index (χ0n) is 11.1. The summed E-state index contributed by atoms with van der Waals surface area (Å²) in [5, 5.41) is 0. The van der Waals surface area contributed by atoms with Crippen LogP contribution in [-0.4, -0.2) is 19.0 Å². The van der Waals surface area contributed by atoms with E-state index in [-0.39, 0.29) is 0 Å². The third kappa shape index (κ3) is 2.69. The van der Waals surface area contributed by atoms with Crippen LogP contribution >= 0.6 is 0 Å². The molecule has 2 fully saturated rings. The van der Waals surface area contributed by atoms with Crippen LogP contribution in [0.15, 0.2) is 24.3 Å². The first-order valence-electron chi connectivity index (χ1n) is 6.94. The summed E-state index contributed by atoms with van der Waals surface area (Å²) in [6.07, 6.45) is -0.839. The summed E-state index contributed by atoms with van der Waals surface area (Å²) in [6.45, 7) is 1.29. The van der Waals surface area contributed by atoms with Gasteiger partial charge in [-0.3, -0.25) is 0 Å². The van der Waals surface area contributed by atoms with Gasteiger partial charge in [0.2, 0.25) is 0 Å². The maximum Gasteiger partial charge on any atom is 0.416 e. The average molecular weight is 286 g/mol. The Bertz CT molecular complexity index is 451. The number of ether oxygens (including phenoxy) is 2. The van der Waals surface area contributed by atoms with Gasteiger partial charge in [-0.25, -0.2) is 0 Å². The quantitative estimate of drug-likeness (QED) is 0.773. The van der Waals surface area contributed by atoms with E-state index >= 15 is 0 Å². The highest BCUT2D eigenvalue weighted by Crippen LogP contribution is 2.42. The maximum atomic E-state index is 12.5. The van der Waals surface area contributed by atoms with Crippen LogP contribution in [0.25, 0.3) is 0 Å². The monoisotopic (exact) mass is 286 g/mol. The van der Waals surface area contributed by atoms with Gasteiger partial charge in [-0.2, -0.15) is 13.2 Å². The molecule has 0 bridgehead atoms. The van der Waals surface area contributed by atoms with Gasteiger partial charge < -0.3 is 9.47 Å². The maximum absolute atomic E-state index is 12.5. The Hall–Kier alpha value is -1.07. The molecule has 1 spiro atoms. The van der Waals surface area contributed by atoms with Crippen LogP contribution in [0.2, 0.25) is 0 Å². The van der Waals surface area contributed by atoms with Gasteiger partial charge in [-0.05, 0) is 36.5 Å². The molecule has 20 heavy (non-hydrogen) atoms. The summed E-state index contributed by atoms with van der Waals surface area (Å²) in [6, 6.07) is 5.54. The molecule has 0 atom stereocenters. The van der Waals surface area contributed by atoms with E-state index in [1.165, 1.54) is 12.1 Å². The van der Waals surface area contributed by atoms with Gasteiger partial charge in [0.25, 0.3) is 0 Å². The molecule has 1 aromatic carbocycles. The van der Waals surface area contributed by atoms with E-state index in [2.05, 4.69) is 0 Å². The second-order valence-electron chi connectivity index (χ2n) is 5.50. The number of halogens is 3. The number of alkyl halides is 3. The van der Waals surface area contributed by atoms with E-state index in [4.69, 9.17) is 9.47 Å². The molecule has 5 heteroatoms. The highest BCUT2D eigenvalue weighted by atomic mass is 19.4. The van der Waals surface area contributed by atoms with Crippen molar-refractivity contribution in [2.24, 2.45) is 0 Å². The minimum atomic E-state index is -4.26. The molecule has 1 aromatic rings. The largest absolute Gasteiger partial charge is 0.416 e. The smallest absolute Gasteiger partial charge is 0.348 e. The highest BCUT2D eigenvalue weighted by molar-refractivity contribution is 5.27. The third-order valence-corrected chi connectivity index (χ3v) is 4.27. The van der Waals surface area contributed by atoms with Gasteiger partial charge in [0.1, 0.15) is 0 Å². The van der Waals surface area contributed by atoms with Gasteiger partial charge in [0, 0.05) is 12.8 Å². The Labute approximate surface area is 115 Å². The zero-order chi connectivity index (χ0) is 14.2. The van der Waals surface area contributed by atoms with Crippen molar-refractivity contribution in [3.63, 3.8) is 0 Å². The van der Waals surface area contributed by atoms with Crippen molar-refractivity contribution >= 4 is 0 Å². The molecule has 110 valence electrons. The van der Waals surface area contributed by atoms with Crippen LogP contribution in [0.5, 0.6) is 0 Å². The molecular formula is C15H17F3O2. The second kappa shape index (κ2) is 5.04. The van der Waals surface area contributed by atoms with Crippen LogP contribution < -0.4 is 0 Å². The summed E-state index contributed by atoms with van der Waals surface area (Å²) >= 11 is 0. The molecule has 0 radical (unpaired) electrons. The molecule has 1 heterocycles. The molecule has 0 aromatic heterocycles. The van der Waals surface area contributed by atoms with Crippen molar-refractivity contribution in [2.75, 3.05) is 13.2 Å². The van der Waals surface area contributed by atoms with Crippen LogP contribution in [0.3, 0.4) is 0 Å². The van der Waals surface area contributed by atoms with Gasteiger partial charge in [0.05, 0.1) is 18.8 Å². The van der Waals surface area contributed by atoms with E-state index in [1.807, 2.05) is 0 Å². The molecule has 0 amide bonds. The Balaban J connectivity index is 1.66. The molecular weight excluding hydrogens is 269 g/mol. The fourth-order valence-corrected chi connectivity index (χ4v) is 3.12. The number of benzene rings is 1.